The molecule has 0 aliphatic heterocycles. The van der Waals surface area contributed by atoms with E-state index in [0.717, 1.165) is 31.3 Å². The first kappa shape index (κ1) is 15.9. The zero-order valence-corrected chi connectivity index (χ0v) is 12.5. The van der Waals surface area contributed by atoms with Gasteiger partial charge in [-0.1, -0.05) is 13.8 Å². The second-order valence-electron chi connectivity index (χ2n) is 6.48. The van der Waals surface area contributed by atoms with Gasteiger partial charge in [-0.2, -0.15) is 0 Å². The van der Waals surface area contributed by atoms with Crippen LogP contribution in [0.15, 0.2) is 0 Å². The van der Waals surface area contributed by atoms with E-state index in [-0.39, 0.29) is 12.1 Å². The zero-order chi connectivity index (χ0) is 13.6. The molecule has 0 heterocycles. The lowest BCUT2D eigenvalue weighted by Gasteiger charge is -2.32. The van der Waals surface area contributed by atoms with Crippen molar-refractivity contribution in [2.24, 2.45) is 11.8 Å². The van der Waals surface area contributed by atoms with Gasteiger partial charge >= 0.3 is 0 Å². The Morgan fingerprint density at radius 2 is 1.83 bits per heavy atom. The molecule has 0 aromatic heterocycles. The SMILES string of the molecule is CNC(C)(CO)CCCOC1CC(C)CC(C)C1. The molecule has 3 heteroatoms. The predicted octanol–water partition coefficient (Wildman–Crippen LogP) is 2.58. The third kappa shape index (κ3) is 5.25. The van der Waals surface area contributed by atoms with Gasteiger partial charge in [0.1, 0.15) is 0 Å². The molecular formula is C15H31NO2. The highest BCUT2D eigenvalue weighted by atomic mass is 16.5. The Kier molecular flexibility index (Phi) is 6.61. The minimum Gasteiger partial charge on any atom is -0.394 e. The summed E-state index contributed by atoms with van der Waals surface area (Å²) in [6.45, 7) is 7.71. The van der Waals surface area contributed by atoms with Gasteiger partial charge in [0, 0.05) is 12.1 Å². The summed E-state index contributed by atoms with van der Waals surface area (Å²) < 4.78 is 6.00. The smallest absolute Gasteiger partial charge is 0.0610 e. The van der Waals surface area contributed by atoms with E-state index in [0.29, 0.717) is 6.10 Å². The van der Waals surface area contributed by atoms with Crippen molar-refractivity contribution in [3.63, 3.8) is 0 Å². The highest BCUT2D eigenvalue weighted by Crippen LogP contribution is 2.30. The minimum absolute atomic E-state index is 0.156. The van der Waals surface area contributed by atoms with Crippen LogP contribution in [0.2, 0.25) is 0 Å². The Morgan fingerprint density at radius 3 is 2.33 bits per heavy atom. The van der Waals surface area contributed by atoms with Gasteiger partial charge in [0.2, 0.25) is 0 Å². The van der Waals surface area contributed by atoms with Crippen molar-refractivity contribution in [2.75, 3.05) is 20.3 Å². The summed E-state index contributed by atoms with van der Waals surface area (Å²) in [7, 11) is 1.90. The molecule has 108 valence electrons. The van der Waals surface area contributed by atoms with E-state index < -0.39 is 0 Å². The van der Waals surface area contributed by atoms with Crippen molar-refractivity contribution < 1.29 is 9.84 Å². The van der Waals surface area contributed by atoms with Crippen molar-refractivity contribution in [2.45, 2.75) is 64.5 Å². The van der Waals surface area contributed by atoms with E-state index in [9.17, 15) is 5.11 Å². The lowest BCUT2D eigenvalue weighted by Crippen LogP contribution is -2.43. The lowest BCUT2D eigenvalue weighted by molar-refractivity contribution is -0.00333. The molecule has 3 nitrogen and oxygen atoms in total. The van der Waals surface area contributed by atoms with E-state index in [1.54, 1.807) is 0 Å². The normalized spacial score (nSPS) is 32.2. The van der Waals surface area contributed by atoms with Crippen molar-refractivity contribution in [3.05, 3.63) is 0 Å². The third-order valence-corrected chi connectivity index (χ3v) is 4.31. The largest absolute Gasteiger partial charge is 0.394 e. The molecule has 2 N–H and O–H groups in total. The van der Waals surface area contributed by atoms with Gasteiger partial charge in [0.15, 0.2) is 0 Å². The molecule has 3 unspecified atom stereocenters. The average molecular weight is 257 g/mol. The summed E-state index contributed by atoms with van der Waals surface area (Å²) >= 11 is 0. The number of nitrogens with one attached hydrogen (secondary N) is 1. The second-order valence-corrected chi connectivity index (χ2v) is 6.48. The third-order valence-electron chi connectivity index (χ3n) is 4.31. The maximum atomic E-state index is 9.30. The van der Waals surface area contributed by atoms with Gasteiger partial charge in [0.05, 0.1) is 12.7 Å². The number of aliphatic hydroxyl groups is 1. The summed E-state index contributed by atoms with van der Waals surface area (Å²) in [5.41, 5.74) is -0.156. The molecule has 0 saturated heterocycles. The summed E-state index contributed by atoms with van der Waals surface area (Å²) in [4.78, 5) is 0. The van der Waals surface area contributed by atoms with Crippen LogP contribution in [-0.2, 0) is 4.74 Å². The van der Waals surface area contributed by atoms with Crippen LogP contribution in [0, 0.1) is 11.8 Å². The molecule has 0 amide bonds. The van der Waals surface area contributed by atoms with Crippen LogP contribution in [0.4, 0.5) is 0 Å². The van der Waals surface area contributed by atoms with Crippen LogP contribution in [-0.4, -0.2) is 37.0 Å². The minimum atomic E-state index is -0.156. The van der Waals surface area contributed by atoms with Crippen LogP contribution in [0.3, 0.4) is 0 Å². The molecule has 0 aromatic carbocycles. The summed E-state index contributed by atoms with van der Waals surface area (Å²) in [5, 5.41) is 12.5. The number of ether oxygens (including phenoxy) is 1. The van der Waals surface area contributed by atoms with Crippen LogP contribution in [0.1, 0.15) is 52.9 Å². The van der Waals surface area contributed by atoms with Crippen LogP contribution in [0.25, 0.3) is 0 Å². The number of aliphatic hydroxyl groups excluding tert-OH is 1. The monoisotopic (exact) mass is 257 g/mol. The lowest BCUT2D eigenvalue weighted by atomic mass is 9.82. The standard InChI is InChI=1S/C15H31NO2/c1-12-8-13(2)10-14(9-12)18-7-5-6-15(3,11-17)16-4/h12-14,16-17H,5-11H2,1-4H3. The summed E-state index contributed by atoms with van der Waals surface area (Å²) in [6.07, 6.45) is 6.21. The van der Waals surface area contributed by atoms with E-state index >= 15 is 0 Å². The van der Waals surface area contributed by atoms with Crippen LogP contribution in [0.5, 0.6) is 0 Å². The Hall–Kier alpha value is -0.120. The molecular weight excluding hydrogens is 226 g/mol. The first-order valence-corrected chi connectivity index (χ1v) is 7.40. The molecule has 1 saturated carbocycles. The quantitative estimate of drug-likeness (QED) is 0.689. The highest BCUT2D eigenvalue weighted by Gasteiger charge is 2.25. The van der Waals surface area contributed by atoms with Gasteiger partial charge in [0.25, 0.3) is 0 Å². The predicted molar refractivity (Wildman–Crippen MR) is 75.7 cm³/mol. The molecule has 0 spiro atoms. The Balaban J connectivity index is 2.17. The molecule has 1 aliphatic rings. The van der Waals surface area contributed by atoms with Gasteiger partial charge < -0.3 is 15.2 Å². The first-order chi connectivity index (χ1) is 8.49. The van der Waals surface area contributed by atoms with Crippen LogP contribution >= 0.6 is 0 Å². The molecule has 1 fully saturated rings. The Morgan fingerprint density at radius 1 is 1.22 bits per heavy atom. The summed E-state index contributed by atoms with van der Waals surface area (Å²) in [5.74, 6) is 1.61. The van der Waals surface area contributed by atoms with E-state index in [2.05, 4.69) is 26.1 Å². The number of likely N-dealkylation sites (N-methyl/N-ethyl adjacent to an activating group) is 1. The molecule has 0 radical (unpaired) electrons. The maximum Gasteiger partial charge on any atom is 0.0610 e. The van der Waals surface area contributed by atoms with Gasteiger partial charge in [-0.05, 0) is 57.9 Å². The molecule has 18 heavy (non-hydrogen) atoms. The molecule has 0 aromatic rings. The van der Waals surface area contributed by atoms with Gasteiger partial charge in [-0.3, -0.25) is 0 Å². The fourth-order valence-corrected chi connectivity index (χ4v) is 3.00. The molecule has 1 aliphatic carbocycles. The fraction of sp³-hybridized carbons (Fsp3) is 1.00. The average Bonchev–Trinajstić information content (AvgIpc) is 2.33. The van der Waals surface area contributed by atoms with Crippen molar-refractivity contribution >= 4 is 0 Å². The van der Waals surface area contributed by atoms with E-state index in [1.165, 1.54) is 19.3 Å². The van der Waals surface area contributed by atoms with Crippen molar-refractivity contribution in [1.82, 2.24) is 5.32 Å². The van der Waals surface area contributed by atoms with Crippen LogP contribution < -0.4 is 5.32 Å². The van der Waals surface area contributed by atoms with E-state index in [4.69, 9.17) is 4.74 Å². The second kappa shape index (κ2) is 7.46. The van der Waals surface area contributed by atoms with Gasteiger partial charge in [-0.25, -0.2) is 0 Å². The van der Waals surface area contributed by atoms with Crippen molar-refractivity contribution in [3.8, 4) is 0 Å². The fourth-order valence-electron chi connectivity index (χ4n) is 3.00. The Labute approximate surface area is 112 Å². The summed E-state index contributed by atoms with van der Waals surface area (Å²) in [6, 6.07) is 0. The number of hydrogen-bond acceptors (Lipinski definition) is 3. The highest BCUT2D eigenvalue weighted by molar-refractivity contribution is 4.80. The number of hydrogen-bond donors (Lipinski definition) is 2. The van der Waals surface area contributed by atoms with Crippen molar-refractivity contribution in [1.29, 1.82) is 0 Å². The van der Waals surface area contributed by atoms with E-state index in [1.807, 2.05) is 7.05 Å². The topological polar surface area (TPSA) is 41.5 Å². The molecule has 1 rings (SSSR count). The molecule has 0 bridgehead atoms. The van der Waals surface area contributed by atoms with Gasteiger partial charge in [-0.15, -0.1) is 0 Å². The maximum absolute atomic E-state index is 9.30. The number of rotatable bonds is 7. The first-order valence-electron chi connectivity index (χ1n) is 7.40. The Bertz CT molecular complexity index is 219. The zero-order valence-electron chi connectivity index (χ0n) is 12.5. The molecule has 3 atom stereocenters.